The summed E-state index contributed by atoms with van der Waals surface area (Å²) < 4.78 is 5.43. The van der Waals surface area contributed by atoms with Gasteiger partial charge in [-0.1, -0.05) is 26.0 Å². The summed E-state index contributed by atoms with van der Waals surface area (Å²) >= 11 is 0. The van der Waals surface area contributed by atoms with Crippen molar-refractivity contribution in [3.05, 3.63) is 59.7 Å². The van der Waals surface area contributed by atoms with Gasteiger partial charge in [0.2, 0.25) is 0 Å². The molecule has 0 fully saturated rings. The fourth-order valence-corrected chi connectivity index (χ4v) is 2.30. The van der Waals surface area contributed by atoms with E-state index in [0.717, 1.165) is 0 Å². The third kappa shape index (κ3) is 6.26. The van der Waals surface area contributed by atoms with E-state index in [2.05, 4.69) is 10.6 Å². The molecule has 0 saturated heterocycles. The Hall–Kier alpha value is -3.15. The van der Waals surface area contributed by atoms with Gasteiger partial charge in [-0.15, -0.1) is 0 Å². The molecule has 6 nitrogen and oxygen atoms in total. The summed E-state index contributed by atoms with van der Waals surface area (Å²) in [5.41, 5.74) is 1.41. The predicted octanol–water partition coefficient (Wildman–Crippen LogP) is 3.29. The molecule has 0 unspecified atom stereocenters. The predicted molar refractivity (Wildman–Crippen MR) is 104 cm³/mol. The highest BCUT2D eigenvalue weighted by molar-refractivity contribution is 6.04. The maximum atomic E-state index is 12.3. The van der Waals surface area contributed by atoms with Crippen LogP contribution in [-0.2, 0) is 4.79 Å². The number of ether oxygens (including phenoxy) is 1. The summed E-state index contributed by atoms with van der Waals surface area (Å²) in [6, 6.07) is 13.4. The smallest absolute Gasteiger partial charge is 0.262 e. The molecule has 0 aromatic heterocycles. The quantitative estimate of drug-likeness (QED) is 0.700. The van der Waals surface area contributed by atoms with Crippen LogP contribution in [0.4, 0.5) is 5.69 Å². The van der Waals surface area contributed by atoms with Crippen LogP contribution in [0.3, 0.4) is 0 Å². The Labute approximate surface area is 158 Å². The van der Waals surface area contributed by atoms with Crippen molar-refractivity contribution in [2.45, 2.75) is 20.8 Å². The molecule has 2 aromatic rings. The Bertz CT molecular complexity index is 813. The molecular weight excluding hydrogens is 344 g/mol. The first-order valence-electron chi connectivity index (χ1n) is 8.77. The molecule has 0 radical (unpaired) electrons. The maximum absolute atomic E-state index is 12.3. The molecule has 0 aliphatic carbocycles. The van der Waals surface area contributed by atoms with Gasteiger partial charge < -0.3 is 15.4 Å². The topological polar surface area (TPSA) is 84.5 Å². The van der Waals surface area contributed by atoms with Gasteiger partial charge in [-0.05, 0) is 49.2 Å². The first kappa shape index (κ1) is 20.2. The van der Waals surface area contributed by atoms with E-state index in [9.17, 15) is 14.4 Å². The zero-order chi connectivity index (χ0) is 19.8. The minimum absolute atomic E-state index is 0.0355. The van der Waals surface area contributed by atoms with Gasteiger partial charge in [0.05, 0.1) is 11.3 Å². The summed E-state index contributed by atoms with van der Waals surface area (Å²) in [5.74, 6) is 0.165. The number of anilines is 1. The lowest BCUT2D eigenvalue weighted by Gasteiger charge is -2.13. The van der Waals surface area contributed by atoms with Crippen molar-refractivity contribution >= 4 is 23.3 Å². The van der Waals surface area contributed by atoms with Crippen molar-refractivity contribution in [2.24, 2.45) is 5.92 Å². The van der Waals surface area contributed by atoms with E-state index in [1.165, 1.54) is 6.92 Å². The molecule has 0 aliphatic heterocycles. The molecule has 0 spiro atoms. The van der Waals surface area contributed by atoms with Crippen LogP contribution in [0.5, 0.6) is 5.75 Å². The standard InChI is InChI=1S/C21H24N2O4/c1-14(2)12-22-21(26)18-6-4-5-7-19(18)23-20(25)13-27-17-10-8-16(9-11-17)15(3)24/h4-11,14H,12-13H2,1-3H3,(H,22,26)(H,23,25). The number of para-hydroxylation sites is 1. The number of nitrogens with one attached hydrogen (secondary N) is 2. The number of rotatable bonds is 8. The second-order valence-corrected chi connectivity index (χ2v) is 6.57. The monoisotopic (exact) mass is 368 g/mol. The summed E-state index contributed by atoms with van der Waals surface area (Å²) in [7, 11) is 0. The second kappa shape index (κ2) is 9.52. The van der Waals surface area contributed by atoms with Crippen LogP contribution >= 0.6 is 0 Å². The van der Waals surface area contributed by atoms with E-state index in [1.54, 1.807) is 48.5 Å². The average molecular weight is 368 g/mol. The first-order valence-corrected chi connectivity index (χ1v) is 8.77. The number of amides is 2. The van der Waals surface area contributed by atoms with E-state index < -0.39 is 0 Å². The van der Waals surface area contributed by atoms with Crippen molar-refractivity contribution < 1.29 is 19.1 Å². The Kier molecular flexibility index (Phi) is 7.11. The Morgan fingerprint density at radius 3 is 2.30 bits per heavy atom. The molecule has 6 heteroatoms. The number of hydrogen-bond acceptors (Lipinski definition) is 4. The first-order chi connectivity index (χ1) is 12.9. The largest absolute Gasteiger partial charge is 0.484 e. The molecule has 0 bridgehead atoms. The third-order valence-electron chi connectivity index (χ3n) is 3.75. The molecular formula is C21H24N2O4. The van der Waals surface area contributed by atoms with Gasteiger partial charge in [-0.2, -0.15) is 0 Å². The summed E-state index contributed by atoms with van der Waals surface area (Å²) in [4.78, 5) is 35.7. The van der Waals surface area contributed by atoms with Gasteiger partial charge in [0.15, 0.2) is 12.4 Å². The van der Waals surface area contributed by atoms with Crippen molar-refractivity contribution in [1.29, 1.82) is 0 Å². The van der Waals surface area contributed by atoms with Crippen LogP contribution in [-0.4, -0.2) is 30.7 Å². The van der Waals surface area contributed by atoms with Crippen LogP contribution in [0.1, 0.15) is 41.5 Å². The Morgan fingerprint density at radius 1 is 1.00 bits per heavy atom. The van der Waals surface area contributed by atoms with Crippen LogP contribution in [0, 0.1) is 5.92 Å². The molecule has 0 atom stereocenters. The highest BCUT2D eigenvalue weighted by Gasteiger charge is 2.13. The van der Waals surface area contributed by atoms with Crippen LogP contribution in [0.15, 0.2) is 48.5 Å². The number of carbonyl (C=O) groups excluding carboxylic acids is 3. The number of carbonyl (C=O) groups is 3. The molecule has 0 heterocycles. The number of hydrogen-bond donors (Lipinski definition) is 2. The van der Waals surface area contributed by atoms with E-state index in [0.29, 0.717) is 35.0 Å². The molecule has 2 N–H and O–H groups in total. The summed E-state index contributed by atoms with van der Waals surface area (Å²) in [6.45, 7) is 5.85. The SMILES string of the molecule is CC(=O)c1ccc(OCC(=O)Nc2ccccc2C(=O)NCC(C)C)cc1. The van der Waals surface area contributed by atoms with Crippen LogP contribution < -0.4 is 15.4 Å². The van der Waals surface area contributed by atoms with Gasteiger partial charge in [-0.3, -0.25) is 14.4 Å². The normalized spacial score (nSPS) is 10.4. The van der Waals surface area contributed by atoms with Gasteiger partial charge in [0.25, 0.3) is 11.8 Å². The number of ketones is 1. The molecule has 0 aliphatic rings. The molecule has 2 rings (SSSR count). The summed E-state index contributed by atoms with van der Waals surface area (Å²) in [6.07, 6.45) is 0. The van der Waals surface area contributed by atoms with Crippen LogP contribution in [0.25, 0.3) is 0 Å². The maximum Gasteiger partial charge on any atom is 0.262 e. The number of benzene rings is 2. The lowest BCUT2D eigenvalue weighted by molar-refractivity contribution is -0.118. The molecule has 142 valence electrons. The molecule has 27 heavy (non-hydrogen) atoms. The Balaban J connectivity index is 1.95. The van der Waals surface area contributed by atoms with E-state index in [-0.39, 0.29) is 24.2 Å². The van der Waals surface area contributed by atoms with E-state index in [4.69, 9.17) is 4.74 Å². The zero-order valence-electron chi connectivity index (χ0n) is 15.7. The van der Waals surface area contributed by atoms with Crippen molar-refractivity contribution in [1.82, 2.24) is 5.32 Å². The zero-order valence-corrected chi connectivity index (χ0v) is 15.7. The highest BCUT2D eigenvalue weighted by atomic mass is 16.5. The van der Waals surface area contributed by atoms with Crippen molar-refractivity contribution in [3.8, 4) is 5.75 Å². The summed E-state index contributed by atoms with van der Waals surface area (Å²) in [5, 5.41) is 5.54. The lowest BCUT2D eigenvalue weighted by atomic mass is 10.1. The van der Waals surface area contributed by atoms with Gasteiger partial charge in [0, 0.05) is 12.1 Å². The van der Waals surface area contributed by atoms with Crippen molar-refractivity contribution in [2.75, 3.05) is 18.5 Å². The molecule has 2 amide bonds. The van der Waals surface area contributed by atoms with Gasteiger partial charge in [-0.25, -0.2) is 0 Å². The molecule has 2 aromatic carbocycles. The Morgan fingerprint density at radius 2 is 1.67 bits per heavy atom. The molecule has 0 saturated carbocycles. The van der Waals surface area contributed by atoms with Gasteiger partial charge in [0.1, 0.15) is 5.75 Å². The second-order valence-electron chi connectivity index (χ2n) is 6.57. The van der Waals surface area contributed by atoms with E-state index in [1.807, 2.05) is 13.8 Å². The minimum Gasteiger partial charge on any atom is -0.484 e. The average Bonchev–Trinajstić information content (AvgIpc) is 2.65. The minimum atomic E-state index is -0.380. The fourth-order valence-electron chi connectivity index (χ4n) is 2.30. The highest BCUT2D eigenvalue weighted by Crippen LogP contribution is 2.16. The lowest BCUT2D eigenvalue weighted by Crippen LogP contribution is -2.29. The third-order valence-corrected chi connectivity index (χ3v) is 3.75. The van der Waals surface area contributed by atoms with Crippen molar-refractivity contribution in [3.63, 3.8) is 0 Å². The number of Topliss-reactive ketones (excluding diaryl/α,β-unsaturated/α-hetero) is 1. The van der Waals surface area contributed by atoms with E-state index >= 15 is 0 Å². The van der Waals surface area contributed by atoms with Gasteiger partial charge >= 0.3 is 0 Å². The van der Waals surface area contributed by atoms with Crippen LogP contribution in [0.2, 0.25) is 0 Å². The fraction of sp³-hybridized carbons (Fsp3) is 0.286.